The lowest BCUT2D eigenvalue weighted by atomic mass is 10.0. The molecule has 1 aliphatic rings. The fraction of sp³-hybridized carbons (Fsp3) is 0.241. The molecule has 5 nitrogen and oxygen atoms in total. The Morgan fingerprint density at radius 3 is 2.60 bits per heavy atom. The highest BCUT2D eigenvalue weighted by atomic mass is 19.1. The van der Waals surface area contributed by atoms with E-state index < -0.39 is 6.09 Å². The molecule has 1 heterocycles. The second-order valence-electron chi connectivity index (χ2n) is 8.18. The molecule has 0 atom stereocenters. The monoisotopic (exact) mass is 473 g/mol. The lowest BCUT2D eigenvalue weighted by Crippen LogP contribution is -2.32. The molecule has 2 aromatic rings. The summed E-state index contributed by atoms with van der Waals surface area (Å²) >= 11 is 0. The molecule has 0 fully saturated rings. The first-order valence-corrected chi connectivity index (χ1v) is 11.8. The van der Waals surface area contributed by atoms with Crippen LogP contribution in [0.25, 0.3) is 5.70 Å². The van der Waals surface area contributed by atoms with Crippen molar-refractivity contribution in [3.05, 3.63) is 109 Å². The molecule has 0 aromatic heterocycles. The van der Waals surface area contributed by atoms with Crippen molar-refractivity contribution in [2.24, 2.45) is 4.99 Å². The number of amides is 1. The average molecular weight is 474 g/mol. The topological polar surface area (TPSA) is 53.9 Å². The Labute approximate surface area is 207 Å². The number of nitrogens with one attached hydrogen (secondary N) is 1. The molecule has 1 amide bonds. The van der Waals surface area contributed by atoms with Crippen LogP contribution >= 0.6 is 0 Å². The van der Waals surface area contributed by atoms with Gasteiger partial charge in [-0.05, 0) is 56.5 Å². The van der Waals surface area contributed by atoms with Gasteiger partial charge in [-0.25, -0.2) is 9.18 Å². The second-order valence-corrected chi connectivity index (χ2v) is 8.18. The molecule has 0 spiro atoms. The van der Waals surface area contributed by atoms with Crippen LogP contribution in [0.1, 0.15) is 31.7 Å². The SMILES string of the molecule is C=C/C=C\C=C\C1=C(c2ccccc2)N(CCCCCNC(=O)Oc2ccc(F)cc2)CC(C)=N1. The molecule has 0 aliphatic carbocycles. The maximum atomic E-state index is 12.9. The van der Waals surface area contributed by atoms with E-state index in [2.05, 4.69) is 35.9 Å². The normalized spacial score (nSPS) is 13.9. The molecule has 2 aromatic carbocycles. The second kappa shape index (κ2) is 13.7. The van der Waals surface area contributed by atoms with Crippen LogP contribution in [0.3, 0.4) is 0 Å². The third-order valence-corrected chi connectivity index (χ3v) is 5.35. The van der Waals surface area contributed by atoms with Crippen LogP contribution in [-0.2, 0) is 0 Å². The zero-order valence-electron chi connectivity index (χ0n) is 20.1. The number of carbonyl (C=O) groups is 1. The Hall–Kier alpha value is -3.93. The first kappa shape index (κ1) is 25.7. The summed E-state index contributed by atoms with van der Waals surface area (Å²) in [4.78, 5) is 19.1. The van der Waals surface area contributed by atoms with Gasteiger partial charge in [-0.15, -0.1) is 0 Å². The van der Waals surface area contributed by atoms with Crippen LogP contribution in [-0.4, -0.2) is 36.3 Å². The molecule has 6 heteroatoms. The molecule has 0 bridgehead atoms. The smallest absolute Gasteiger partial charge is 0.410 e. The molecule has 1 N–H and O–H groups in total. The van der Waals surface area contributed by atoms with Crippen molar-refractivity contribution >= 4 is 17.5 Å². The van der Waals surface area contributed by atoms with Crippen molar-refractivity contribution in [2.75, 3.05) is 19.6 Å². The van der Waals surface area contributed by atoms with Crippen molar-refractivity contribution in [1.29, 1.82) is 0 Å². The molecule has 0 saturated carbocycles. The number of rotatable bonds is 11. The Morgan fingerprint density at radius 2 is 1.86 bits per heavy atom. The van der Waals surface area contributed by atoms with Gasteiger partial charge in [0.15, 0.2) is 0 Å². The largest absolute Gasteiger partial charge is 0.412 e. The molecule has 0 unspecified atom stereocenters. The predicted molar refractivity (Wildman–Crippen MR) is 141 cm³/mol. The summed E-state index contributed by atoms with van der Waals surface area (Å²) in [6.45, 7) is 7.95. The number of halogens is 1. The third kappa shape index (κ3) is 8.41. The number of carbonyl (C=O) groups excluding carboxylic acids is 1. The first-order valence-electron chi connectivity index (χ1n) is 11.8. The maximum Gasteiger partial charge on any atom is 0.412 e. The van der Waals surface area contributed by atoms with E-state index >= 15 is 0 Å². The molecule has 35 heavy (non-hydrogen) atoms. The van der Waals surface area contributed by atoms with Crippen LogP contribution in [0.15, 0.2) is 102 Å². The number of hydrogen-bond donors (Lipinski definition) is 1. The van der Waals surface area contributed by atoms with Gasteiger partial charge in [0, 0.05) is 24.4 Å². The van der Waals surface area contributed by atoms with E-state index in [0.29, 0.717) is 12.3 Å². The van der Waals surface area contributed by atoms with Crippen molar-refractivity contribution in [2.45, 2.75) is 26.2 Å². The predicted octanol–water partition coefficient (Wildman–Crippen LogP) is 6.53. The summed E-state index contributed by atoms with van der Waals surface area (Å²) < 4.78 is 18.1. The number of nitrogens with zero attached hydrogens (tertiary/aromatic N) is 2. The summed E-state index contributed by atoms with van der Waals surface area (Å²) in [5.41, 5.74) is 4.28. The van der Waals surface area contributed by atoms with Gasteiger partial charge in [-0.3, -0.25) is 4.99 Å². The molecular formula is C29H32FN3O2. The Morgan fingerprint density at radius 1 is 1.09 bits per heavy atom. The number of aliphatic imine (C=N–C) groups is 1. The van der Waals surface area contributed by atoms with Crippen molar-refractivity contribution in [1.82, 2.24) is 10.2 Å². The van der Waals surface area contributed by atoms with E-state index in [9.17, 15) is 9.18 Å². The highest BCUT2D eigenvalue weighted by Gasteiger charge is 2.20. The van der Waals surface area contributed by atoms with Crippen LogP contribution in [0.4, 0.5) is 9.18 Å². The number of allylic oxidation sites excluding steroid dienone is 5. The minimum absolute atomic E-state index is 0.316. The minimum atomic E-state index is -0.532. The Bertz CT molecular complexity index is 1100. The van der Waals surface area contributed by atoms with Crippen molar-refractivity contribution in [3.8, 4) is 5.75 Å². The van der Waals surface area contributed by atoms with Gasteiger partial charge in [0.05, 0.1) is 17.9 Å². The third-order valence-electron chi connectivity index (χ3n) is 5.35. The highest BCUT2D eigenvalue weighted by Crippen LogP contribution is 2.28. The van der Waals surface area contributed by atoms with E-state index in [-0.39, 0.29) is 5.82 Å². The van der Waals surface area contributed by atoms with Crippen LogP contribution in [0.5, 0.6) is 5.75 Å². The number of benzene rings is 2. The fourth-order valence-electron chi connectivity index (χ4n) is 3.77. The molecule has 3 rings (SSSR count). The summed E-state index contributed by atoms with van der Waals surface area (Å²) in [5.74, 6) is -0.0537. The molecular weight excluding hydrogens is 441 g/mol. The zero-order chi connectivity index (χ0) is 24.9. The number of hydrogen-bond acceptors (Lipinski definition) is 4. The van der Waals surface area contributed by atoms with E-state index in [0.717, 1.165) is 55.0 Å². The highest BCUT2D eigenvalue weighted by molar-refractivity contribution is 5.90. The summed E-state index contributed by atoms with van der Waals surface area (Å²) in [5, 5.41) is 2.75. The van der Waals surface area contributed by atoms with E-state index in [1.807, 2.05) is 42.5 Å². The van der Waals surface area contributed by atoms with Crippen molar-refractivity contribution in [3.63, 3.8) is 0 Å². The lowest BCUT2D eigenvalue weighted by Gasteiger charge is -2.32. The summed E-state index contributed by atoms with van der Waals surface area (Å²) in [7, 11) is 0. The van der Waals surface area contributed by atoms with Gasteiger partial charge in [-0.1, -0.05) is 61.2 Å². The quantitative estimate of drug-likeness (QED) is 0.298. The maximum absolute atomic E-state index is 12.9. The van der Waals surface area contributed by atoms with Gasteiger partial charge in [0.1, 0.15) is 11.6 Å². The lowest BCUT2D eigenvalue weighted by molar-refractivity contribution is 0.200. The Balaban J connectivity index is 1.53. The van der Waals surface area contributed by atoms with Gasteiger partial charge >= 0.3 is 6.09 Å². The van der Waals surface area contributed by atoms with Gasteiger partial charge in [-0.2, -0.15) is 0 Å². The van der Waals surface area contributed by atoms with E-state index in [1.165, 1.54) is 24.3 Å². The minimum Gasteiger partial charge on any atom is -0.410 e. The van der Waals surface area contributed by atoms with Gasteiger partial charge in [0.25, 0.3) is 0 Å². The van der Waals surface area contributed by atoms with Gasteiger partial charge in [0.2, 0.25) is 0 Å². The standard InChI is InChI=1S/C29H32FN3O2/c1-3-4-5-10-15-27-28(24-13-8-6-9-14-24)33(22-23(2)32-27)21-12-7-11-20-31-29(34)35-26-18-16-25(30)17-19-26/h3-6,8-10,13-19H,1,7,11-12,20-22H2,2H3,(H,31,34)/b5-4-,15-10+. The average Bonchev–Trinajstić information content (AvgIpc) is 2.86. The van der Waals surface area contributed by atoms with Gasteiger partial charge < -0.3 is 15.0 Å². The van der Waals surface area contributed by atoms with E-state index in [4.69, 9.17) is 9.73 Å². The molecule has 1 aliphatic heterocycles. The molecule has 0 radical (unpaired) electrons. The first-order chi connectivity index (χ1) is 17.1. The Kier molecular flexibility index (Phi) is 10.1. The van der Waals surface area contributed by atoms with Crippen LogP contribution in [0.2, 0.25) is 0 Å². The number of ether oxygens (including phenoxy) is 1. The number of unbranched alkanes of at least 4 members (excludes halogenated alkanes) is 2. The summed E-state index contributed by atoms with van der Waals surface area (Å²) in [6, 6.07) is 15.7. The van der Waals surface area contributed by atoms with E-state index in [1.54, 1.807) is 6.08 Å². The van der Waals surface area contributed by atoms with Crippen LogP contribution in [0, 0.1) is 5.82 Å². The molecule has 182 valence electrons. The van der Waals surface area contributed by atoms with Crippen LogP contribution < -0.4 is 10.1 Å². The fourth-order valence-corrected chi connectivity index (χ4v) is 3.77. The zero-order valence-corrected chi connectivity index (χ0v) is 20.1. The molecule has 0 saturated heterocycles. The summed E-state index contributed by atoms with van der Waals surface area (Å²) in [6.07, 6.45) is 11.8. The van der Waals surface area contributed by atoms with Crippen molar-refractivity contribution < 1.29 is 13.9 Å².